The number of methoxy groups -OCH3 is 2. The highest BCUT2D eigenvalue weighted by Crippen LogP contribution is 2.36. The van der Waals surface area contributed by atoms with Crippen LogP contribution in [-0.2, 0) is 0 Å². The summed E-state index contributed by atoms with van der Waals surface area (Å²) in [6.45, 7) is 0. The predicted molar refractivity (Wildman–Crippen MR) is 88.0 cm³/mol. The Morgan fingerprint density at radius 3 is 2.43 bits per heavy atom. The van der Waals surface area contributed by atoms with Gasteiger partial charge in [-0.05, 0) is 52.3 Å². The summed E-state index contributed by atoms with van der Waals surface area (Å²) >= 11 is 3.31. The van der Waals surface area contributed by atoms with E-state index in [-0.39, 0.29) is 5.75 Å². The average Bonchev–Trinajstić information content (AvgIpc) is 2.57. The lowest BCUT2D eigenvalue weighted by molar-refractivity contribution is 0.0728. The Hall–Kier alpha value is -2.54. The summed E-state index contributed by atoms with van der Waals surface area (Å²) in [5.74, 6) is 0.683. The van der Waals surface area contributed by atoms with Gasteiger partial charge in [0.2, 0.25) is 0 Å². The molecule has 0 aliphatic heterocycles. The Morgan fingerprint density at radius 2 is 1.87 bits per heavy atom. The molecule has 0 amide bonds. The number of rotatable bonds is 5. The molecule has 2 aromatic rings. The fourth-order valence-electron chi connectivity index (χ4n) is 1.86. The molecule has 7 heteroatoms. The molecule has 0 bridgehead atoms. The fraction of sp³-hybridized carbons (Fsp3) is 0.125. The molecule has 0 saturated heterocycles. The molecule has 0 radical (unpaired) electrons. The molecular formula is C16H14BrNO5. The van der Waals surface area contributed by atoms with E-state index in [1.54, 1.807) is 43.5 Å². The van der Waals surface area contributed by atoms with Crippen molar-refractivity contribution in [2.75, 3.05) is 14.2 Å². The Kier molecular flexibility index (Phi) is 5.59. The summed E-state index contributed by atoms with van der Waals surface area (Å²) in [5, 5.41) is 11.6. The molecular weight excluding hydrogens is 366 g/mol. The van der Waals surface area contributed by atoms with Crippen LogP contribution < -0.4 is 14.2 Å². The second-order valence-electron chi connectivity index (χ2n) is 4.40. The van der Waals surface area contributed by atoms with Crippen molar-refractivity contribution >= 4 is 28.1 Å². The Morgan fingerprint density at radius 1 is 1.17 bits per heavy atom. The van der Waals surface area contributed by atoms with Gasteiger partial charge in [0.25, 0.3) is 0 Å². The molecule has 0 spiro atoms. The third-order valence-electron chi connectivity index (χ3n) is 2.98. The molecule has 0 aromatic heterocycles. The first kappa shape index (κ1) is 16.8. The number of carbonyl (C=O) groups is 1. The predicted octanol–water partition coefficient (Wildman–Crippen LogP) is 3.49. The van der Waals surface area contributed by atoms with Crippen LogP contribution in [0.15, 0.2) is 46.0 Å². The lowest BCUT2D eigenvalue weighted by Gasteiger charge is -2.12. The number of esters is 1. The van der Waals surface area contributed by atoms with Crippen LogP contribution in [0.3, 0.4) is 0 Å². The first-order chi connectivity index (χ1) is 11.1. The van der Waals surface area contributed by atoms with E-state index in [0.717, 1.165) is 0 Å². The number of halogens is 1. The van der Waals surface area contributed by atoms with Crippen LogP contribution in [-0.4, -0.2) is 31.6 Å². The van der Waals surface area contributed by atoms with Crippen molar-refractivity contribution in [1.82, 2.24) is 0 Å². The van der Waals surface area contributed by atoms with Crippen LogP contribution in [0.2, 0.25) is 0 Å². The van der Waals surface area contributed by atoms with E-state index in [9.17, 15) is 4.79 Å². The monoisotopic (exact) mass is 379 g/mol. The molecule has 0 unspecified atom stereocenters. The van der Waals surface area contributed by atoms with E-state index in [4.69, 9.17) is 19.4 Å². The van der Waals surface area contributed by atoms with Crippen molar-refractivity contribution in [2.45, 2.75) is 0 Å². The maximum absolute atomic E-state index is 12.2. The lowest BCUT2D eigenvalue weighted by atomic mass is 10.2. The zero-order valence-electron chi connectivity index (χ0n) is 12.4. The highest BCUT2D eigenvalue weighted by Gasteiger charge is 2.16. The molecule has 0 fully saturated rings. The lowest BCUT2D eigenvalue weighted by Crippen LogP contribution is -2.10. The molecule has 23 heavy (non-hydrogen) atoms. The average molecular weight is 380 g/mol. The van der Waals surface area contributed by atoms with Gasteiger partial charge in [-0.3, -0.25) is 0 Å². The molecule has 0 aliphatic rings. The summed E-state index contributed by atoms with van der Waals surface area (Å²) in [6, 6.07) is 9.77. The van der Waals surface area contributed by atoms with Gasteiger partial charge in [-0.15, -0.1) is 0 Å². The van der Waals surface area contributed by atoms with Crippen molar-refractivity contribution in [2.24, 2.45) is 5.16 Å². The normalized spacial score (nSPS) is 10.6. The maximum atomic E-state index is 12.2. The summed E-state index contributed by atoms with van der Waals surface area (Å²) in [6.07, 6.45) is 1.24. The van der Waals surface area contributed by atoms with Gasteiger partial charge in [0.15, 0.2) is 11.5 Å². The van der Waals surface area contributed by atoms with Gasteiger partial charge in [-0.1, -0.05) is 5.16 Å². The highest BCUT2D eigenvalue weighted by atomic mass is 79.9. The van der Waals surface area contributed by atoms with Gasteiger partial charge in [-0.25, -0.2) is 4.79 Å². The number of hydrogen-bond acceptors (Lipinski definition) is 6. The highest BCUT2D eigenvalue weighted by molar-refractivity contribution is 9.10. The zero-order chi connectivity index (χ0) is 16.8. The summed E-state index contributed by atoms with van der Waals surface area (Å²) in [5.41, 5.74) is 0.959. The van der Waals surface area contributed by atoms with Crippen molar-refractivity contribution in [3.8, 4) is 17.2 Å². The van der Waals surface area contributed by atoms with Crippen LogP contribution in [0.4, 0.5) is 0 Å². The van der Waals surface area contributed by atoms with Crippen molar-refractivity contribution < 1.29 is 24.2 Å². The maximum Gasteiger partial charge on any atom is 0.343 e. The second-order valence-corrected chi connectivity index (χ2v) is 5.25. The summed E-state index contributed by atoms with van der Waals surface area (Å²) in [7, 11) is 3.00. The van der Waals surface area contributed by atoms with Crippen LogP contribution in [0.25, 0.3) is 0 Å². The van der Waals surface area contributed by atoms with Crippen molar-refractivity contribution in [3.05, 3.63) is 52.0 Å². The first-order valence-corrected chi connectivity index (χ1v) is 7.29. The molecule has 120 valence electrons. The molecule has 1 N–H and O–H groups in total. The van der Waals surface area contributed by atoms with Crippen LogP contribution in [0, 0.1) is 0 Å². The fourth-order valence-corrected chi connectivity index (χ4v) is 2.40. The van der Waals surface area contributed by atoms with E-state index in [0.29, 0.717) is 27.1 Å². The summed E-state index contributed by atoms with van der Waals surface area (Å²) in [4.78, 5) is 12.2. The smallest absolute Gasteiger partial charge is 0.343 e. The molecule has 0 saturated carbocycles. The van der Waals surface area contributed by atoms with Crippen LogP contribution >= 0.6 is 15.9 Å². The van der Waals surface area contributed by atoms with Gasteiger partial charge in [0.05, 0.1) is 30.5 Å². The largest absolute Gasteiger partial charge is 0.497 e. The number of oxime groups is 1. The van der Waals surface area contributed by atoms with Crippen molar-refractivity contribution in [3.63, 3.8) is 0 Å². The van der Waals surface area contributed by atoms with E-state index in [1.165, 1.54) is 13.3 Å². The summed E-state index contributed by atoms with van der Waals surface area (Å²) < 4.78 is 16.2. The quantitative estimate of drug-likeness (QED) is 0.283. The van der Waals surface area contributed by atoms with Gasteiger partial charge in [0.1, 0.15) is 5.75 Å². The Balaban J connectivity index is 2.29. The molecule has 0 aliphatic carbocycles. The third kappa shape index (κ3) is 4.01. The van der Waals surface area contributed by atoms with E-state index >= 15 is 0 Å². The molecule has 0 heterocycles. The number of ether oxygens (including phenoxy) is 3. The van der Waals surface area contributed by atoms with E-state index in [2.05, 4.69) is 21.1 Å². The van der Waals surface area contributed by atoms with Gasteiger partial charge in [-0.2, -0.15) is 0 Å². The molecule has 0 atom stereocenters. The standard InChI is InChI=1S/C16H14BrNO5/c1-21-12-5-3-11(4-6-12)16(19)23-15-13(17)7-10(9-18-20)8-14(15)22-2/h3-9,20H,1-2H3/b18-9-. The van der Waals surface area contributed by atoms with E-state index < -0.39 is 5.97 Å². The van der Waals surface area contributed by atoms with Crippen molar-refractivity contribution in [1.29, 1.82) is 0 Å². The van der Waals surface area contributed by atoms with Crippen LogP contribution in [0.1, 0.15) is 15.9 Å². The molecule has 2 rings (SSSR count). The minimum absolute atomic E-state index is 0.239. The third-order valence-corrected chi connectivity index (χ3v) is 3.57. The first-order valence-electron chi connectivity index (χ1n) is 6.50. The number of carbonyl (C=O) groups excluding carboxylic acids is 1. The topological polar surface area (TPSA) is 77.4 Å². The minimum Gasteiger partial charge on any atom is -0.497 e. The minimum atomic E-state index is -0.532. The number of benzene rings is 2. The van der Waals surface area contributed by atoms with E-state index in [1.807, 2.05) is 0 Å². The second kappa shape index (κ2) is 7.64. The zero-order valence-corrected chi connectivity index (χ0v) is 14.0. The van der Waals surface area contributed by atoms with Gasteiger partial charge < -0.3 is 19.4 Å². The SMILES string of the molecule is COc1ccc(C(=O)Oc2c(Br)cc(/C=N\O)cc2OC)cc1. The number of nitrogens with zero attached hydrogens (tertiary/aromatic N) is 1. The Labute approximate surface area is 141 Å². The Bertz CT molecular complexity index is 728. The number of hydrogen-bond donors (Lipinski definition) is 1. The van der Waals surface area contributed by atoms with Gasteiger partial charge in [0, 0.05) is 5.56 Å². The molecule has 2 aromatic carbocycles. The molecule has 6 nitrogen and oxygen atoms in total. The van der Waals surface area contributed by atoms with Gasteiger partial charge >= 0.3 is 5.97 Å². The van der Waals surface area contributed by atoms with Crippen LogP contribution in [0.5, 0.6) is 17.2 Å².